The van der Waals surface area contributed by atoms with Crippen molar-refractivity contribution in [2.24, 2.45) is 0 Å². The largest absolute Gasteiger partial charge is 0.475 e. The molecule has 0 aliphatic heterocycles. The molecule has 26 heavy (non-hydrogen) atoms. The number of fused-ring (bicyclic) bond motifs is 3. The van der Waals surface area contributed by atoms with Crippen molar-refractivity contribution >= 4 is 27.7 Å². The molecular weight excluding hydrogens is 334 g/mol. The molecule has 0 atom stereocenters. The molecule has 0 amide bonds. The monoisotopic (exact) mass is 347 g/mol. The molecule has 0 bridgehead atoms. The second kappa shape index (κ2) is 5.70. The molecule has 2 aromatic heterocycles. The molecule has 0 saturated carbocycles. The van der Waals surface area contributed by atoms with Crippen LogP contribution in [0.15, 0.2) is 68.6 Å². The van der Waals surface area contributed by atoms with Crippen LogP contribution in [0.1, 0.15) is 16.2 Å². The van der Waals surface area contributed by atoms with Crippen molar-refractivity contribution in [3.05, 3.63) is 86.6 Å². The van der Waals surface area contributed by atoms with Gasteiger partial charge in [0.2, 0.25) is 5.76 Å². The quantitative estimate of drug-likeness (QED) is 0.563. The zero-order valence-electron chi connectivity index (χ0n) is 13.7. The average molecular weight is 347 g/mol. The van der Waals surface area contributed by atoms with Gasteiger partial charge in [0.15, 0.2) is 5.43 Å². The van der Waals surface area contributed by atoms with Gasteiger partial charge in [0.1, 0.15) is 5.58 Å². The number of pyridine rings is 1. The third-order valence-electron chi connectivity index (χ3n) is 4.29. The number of carbonyl (C=O) groups is 1. The zero-order chi connectivity index (χ0) is 18.4. The average Bonchev–Trinajstić information content (AvgIpc) is 2.62. The maximum absolute atomic E-state index is 13.2. The zero-order valence-corrected chi connectivity index (χ0v) is 13.7. The van der Waals surface area contributed by atoms with Crippen molar-refractivity contribution in [1.82, 2.24) is 4.57 Å². The van der Waals surface area contributed by atoms with Crippen LogP contribution in [0.5, 0.6) is 0 Å². The van der Waals surface area contributed by atoms with E-state index in [0.29, 0.717) is 11.1 Å². The van der Waals surface area contributed by atoms with Gasteiger partial charge in [0, 0.05) is 17.4 Å². The Balaban J connectivity index is 2.19. The molecule has 0 spiro atoms. The fourth-order valence-electron chi connectivity index (χ4n) is 3.18. The van der Waals surface area contributed by atoms with E-state index in [1.807, 2.05) is 31.2 Å². The Kier molecular flexibility index (Phi) is 3.47. The van der Waals surface area contributed by atoms with Crippen molar-refractivity contribution in [3.63, 3.8) is 0 Å². The van der Waals surface area contributed by atoms with E-state index in [1.54, 1.807) is 18.2 Å². The molecule has 0 radical (unpaired) electrons. The summed E-state index contributed by atoms with van der Waals surface area (Å²) in [6.45, 7) is 1.81. The third kappa shape index (κ3) is 2.31. The highest BCUT2D eigenvalue weighted by Crippen LogP contribution is 2.23. The lowest BCUT2D eigenvalue weighted by molar-refractivity contribution is 0.0663. The number of hydrogen-bond donors (Lipinski definition) is 1. The van der Waals surface area contributed by atoms with E-state index >= 15 is 0 Å². The minimum Gasteiger partial charge on any atom is -0.475 e. The molecule has 0 saturated heterocycles. The minimum absolute atomic E-state index is 0.0722. The van der Waals surface area contributed by atoms with Gasteiger partial charge < -0.3 is 9.52 Å². The number of rotatable bonds is 2. The predicted molar refractivity (Wildman–Crippen MR) is 97.3 cm³/mol. The van der Waals surface area contributed by atoms with Gasteiger partial charge >= 0.3 is 5.97 Å². The van der Waals surface area contributed by atoms with Crippen LogP contribution in [0, 0.1) is 6.92 Å². The Bertz CT molecular complexity index is 1300. The fraction of sp³-hybridized carbons (Fsp3) is 0.0500. The van der Waals surface area contributed by atoms with E-state index in [4.69, 9.17) is 9.52 Å². The van der Waals surface area contributed by atoms with Crippen LogP contribution < -0.4 is 11.0 Å². The minimum atomic E-state index is -1.34. The van der Waals surface area contributed by atoms with Crippen LogP contribution in [0.2, 0.25) is 0 Å². The molecule has 4 rings (SSSR count). The van der Waals surface area contributed by atoms with Crippen LogP contribution in [-0.2, 0) is 0 Å². The Labute approximate surface area is 146 Å². The Hall–Kier alpha value is -3.67. The number of hydrogen-bond acceptors (Lipinski definition) is 4. The highest BCUT2D eigenvalue weighted by Gasteiger charge is 2.17. The van der Waals surface area contributed by atoms with E-state index in [0.717, 1.165) is 11.8 Å². The molecule has 0 unspecified atom stereocenters. The Morgan fingerprint density at radius 1 is 1.00 bits per heavy atom. The van der Waals surface area contributed by atoms with Crippen molar-refractivity contribution in [2.45, 2.75) is 6.92 Å². The smallest absolute Gasteiger partial charge is 0.371 e. The summed E-state index contributed by atoms with van der Waals surface area (Å²) in [5, 5.41) is 9.96. The first-order valence-corrected chi connectivity index (χ1v) is 7.89. The fourth-order valence-corrected chi connectivity index (χ4v) is 3.18. The number of nitrogens with zero attached hydrogens (tertiary/aromatic N) is 1. The molecule has 0 fully saturated rings. The first-order chi connectivity index (χ1) is 12.5. The van der Waals surface area contributed by atoms with Crippen molar-refractivity contribution in [1.29, 1.82) is 0 Å². The van der Waals surface area contributed by atoms with E-state index < -0.39 is 17.2 Å². The number of aryl methyl sites for hydroxylation is 1. The van der Waals surface area contributed by atoms with Gasteiger partial charge in [-0.05, 0) is 36.6 Å². The van der Waals surface area contributed by atoms with E-state index in [1.165, 1.54) is 10.6 Å². The number of benzene rings is 2. The summed E-state index contributed by atoms with van der Waals surface area (Å²) in [4.78, 5) is 36.8. The van der Waals surface area contributed by atoms with Gasteiger partial charge in [-0.25, -0.2) is 4.79 Å². The van der Waals surface area contributed by atoms with E-state index in [9.17, 15) is 14.4 Å². The lowest BCUT2D eigenvalue weighted by Crippen LogP contribution is -2.22. The lowest BCUT2D eigenvalue weighted by Gasteiger charge is -2.12. The van der Waals surface area contributed by atoms with Gasteiger partial charge in [-0.2, -0.15) is 0 Å². The normalized spacial score (nSPS) is 11.1. The SMILES string of the molecule is Cc1cc2ccc3oc(C(=O)O)cc(=O)c3c2c(=O)n1-c1ccccc1. The number of carboxylic acid groups (broad SMARTS) is 1. The van der Waals surface area contributed by atoms with Crippen LogP contribution in [0.3, 0.4) is 0 Å². The molecule has 0 aliphatic carbocycles. The summed E-state index contributed by atoms with van der Waals surface area (Å²) in [6.07, 6.45) is 0. The van der Waals surface area contributed by atoms with Gasteiger partial charge in [0.05, 0.1) is 10.8 Å². The van der Waals surface area contributed by atoms with E-state index in [2.05, 4.69) is 0 Å². The first-order valence-electron chi connectivity index (χ1n) is 7.89. The van der Waals surface area contributed by atoms with Crippen molar-refractivity contribution < 1.29 is 14.3 Å². The highest BCUT2D eigenvalue weighted by molar-refractivity contribution is 6.05. The summed E-state index contributed by atoms with van der Waals surface area (Å²) >= 11 is 0. The molecular formula is C20H13NO5. The predicted octanol–water partition coefficient (Wildman–Crippen LogP) is 3.10. The van der Waals surface area contributed by atoms with Gasteiger partial charge in [-0.3, -0.25) is 14.2 Å². The summed E-state index contributed by atoms with van der Waals surface area (Å²) in [7, 11) is 0. The maximum atomic E-state index is 13.2. The number of aromatic nitrogens is 1. The number of aromatic carboxylic acids is 1. The number of carboxylic acids is 1. The summed E-state index contributed by atoms with van der Waals surface area (Å²) < 4.78 is 6.82. The maximum Gasteiger partial charge on any atom is 0.371 e. The molecule has 6 heteroatoms. The van der Waals surface area contributed by atoms with Gasteiger partial charge in [0.25, 0.3) is 5.56 Å². The second-order valence-corrected chi connectivity index (χ2v) is 5.94. The summed E-state index contributed by atoms with van der Waals surface area (Å²) in [5.41, 5.74) is 0.560. The Morgan fingerprint density at radius 2 is 1.73 bits per heavy atom. The molecule has 6 nitrogen and oxygen atoms in total. The van der Waals surface area contributed by atoms with Gasteiger partial charge in [-0.15, -0.1) is 0 Å². The van der Waals surface area contributed by atoms with Crippen LogP contribution in [-0.4, -0.2) is 15.6 Å². The molecule has 128 valence electrons. The van der Waals surface area contributed by atoms with Crippen LogP contribution in [0.4, 0.5) is 0 Å². The van der Waals surface area contributed by atoms with Gasteiger partial charge in [-0.1, -0.05) is 24.3 Å². The Morgan fingerprint density at radius 3 is 2.42 bits per heavy atom. The molecule has 2 aromatic carbocycles. The lowest BCUT2D eigenvalue weighted by atomic mass is 10.1. The van der Waals surface area contributed by atoms with Crippen LogP contribution >= 0.6 is 0 Å². The number of para-hydroxylation sites is 1. The topological polar surface area (TPSA) is 89.5 Å². The second-order valence-electron chi connectivity index (χ2n) is 5.94. The molecule has 2 heterocycles. The summed E-state index contributed by atoms with van der Waals surface area (Å²) in [5.74, 6) is -1.80. The standard InChI is InChI=1S/C20H13NO5/c1-11-9-12-7-8-15-18(14(22)10-16(26-15)20(24)25)17(12)19(23)21(11)13-5-3-2-4-6-13/h2-10H,1H3,(H,24,25). The third-order valence-corrected chi connectivity index (χ3v) is 4.29. The van der Waals surface area contributed by atoms with Crippen molar-refractivity contribution in [2.75, 3.05) is 0 Å². The van der Waals surface area contributed by atoms with Crippen LogP contribution in [0.25, 0.3) is 27.4 Å². The highest BCUT2D eigenvalue weighted by atomic mass is 16.4. The summed E-state index contributed by atoms with van der Waals surface area (Å²) in [6, 6.07) is 15.0. The molecule has 1 N–H and O–H groups in total. The molecule has 0 aliphatic rings. The van der Waals surface area contributed by atoms with Crippen molar-refractivity contribution in [3.8, 4) is 5.69 Å². The molecule has 4 aromatic rings. The van der Waals surface area contributed by atoms with E-state index in [-0.39, 0.29) is 21.9 Å². The first kappa shape index (κ1) is 15.8.